The number of benzene rings is 1. The fourth-order valence-electron chi connectivity index (χ4n) is 2.72. The van der Waals surface area contributed by atoms with Crippen LogP contribution in [-0.4, -0.2) is 48.3 Å². The number of halogens is 3. The maximum Gasteiger partial charge on any atom is 0.522 e. The number of nitrogens with one attached hydrogen (secondary N) is 2. The van der Waals surface area contributed by atoms with Crippen LogP contribution < -0.4 is 10.6 Å². The summed E-state index contributed by atoms with van der Waals surface area (Å²) in [4.78, 5) is 12.3. The Morgan fingerprint density at radius 3 is 2.84 bits per heavy atom. The Hall–Kier alpha value is -2.13. The minimum atomic E-state index is -4.65. The van der Waals surface area contributed by atoms with Crippen LogP contribution in [0.2, 0.25) is 0 Å². The van der Waals surface area contributed by atoms with E-state index >= 15 is 0 Å². The molecule has 1 saturated heterocycles. The summed E-state index contributed by atoms with van der Waals surface area (Å²) in [6, 6.07) is 3.39. The van der Waals surface area contributed by atoms with Gasteiger partial charge in [-0.15, -0.1) is 13.2 Å². The zero-order chi connectivity index (χ0) is 18.0. The highest BCUT2D eigenvalue weighted by molar-refractivity contribution is 6.00. The number of amides is 1. The van der Waals surface area contributed by atoms with Crippen molar-refractivity contribution in [2.75, 3.05) is 26.2 Å². The first-order valence-corrected chi connectivity index (χ1v) is 8.00. The molecule has 1 aliphatic heterocycles. The van der Waals surface area contributed by atoms with E-state index in [0.29, 0.717) is 23.5 Å². The van der Waals surface area contributed by atoms with Gasteiger partial charge in [0.15, 0.2) is 0 Å². The van der Waals surface area contributed by atoms with Gasteiger partial charge in [0, 0.05) is 42.7 Å². The lowest BCUT2D eigenvalue weighted by molar-refractivity contribution is -0.325. The number of ether oxygens (including phenoxy) is 1. The molecule has 1 fully saturated rings. The standard InChI is InChI=1S/C16H19F3N4O2/c1-10-12(15(24)21-8-11-6-20-7-11)2-3-14-13(10)9-23(22-14)4-5-25-16(17,18)19/h2-3,9,11,20H,4-8H2,1H3,(H,21,24). The quantitative estimate of drug-likeness (QED) is 0.829. The van der Waals surface area contributed by atoms with Gasteiger partial charge in [0.1, 0.15) is 0 Å². The van der Waals surface area contributed by atoms with E-state index in [2.05, 4.69) is 20.5 Å². The average Bonchev–Trinajstić information content (AvgIpc) is 2.88. The Bertz CT molecular complexity index is 769. The van der Waals surface area contributed by atoms with E-state index in [1.807, 2.05) is 0 Å². The van der Waals surface area contributed by atoms with Crippen LogP contribution in [0.1, 0.15) is 15.9 Å². The predicted molar refractivity (Wildman–Crippen MR) is 85.2 cm³/mol. The van der Waals surface area contributed by atoms with E-state index in [1.54, 1.807) is 25.3 Å². The number of hydrogen-bond donors (Lipinski definition) is 2. The normalized spacial score (nSPS) is 15.4. The number of fused-ring (bicyclic) bond motifs is 1. The molecular weight excluding hydrogens is 337 g/mol. The van der Waals surface area contributed by atoms with Crippen molar-refractivity contribution in [2.24, 2.45) is 5.92 Å². The number of hydrogen-bond acceptors (Lipinski definition) is 4. The molecule has 1 aromatic carbocycles. The third-order valence-corrected chi connectivity index (χ3v) is 4.25. The molecule has 9 heteroatoms. The molecule has 2 N–H and O–H groups in total. The molecule has 0 spiro atoms. The SMILES string of the molecule is Cc1c(C(=O)NCC2CNC2)ccc2nn(CCOC(F)(F)F)cc12. The van der Waals surface area contributed by atoms with Crippen LogP contribution in [0.15, 0.2) is 18.3 Å². The maximum absolute atomic E-state index is 12.3. The van der Waals surface area contributed by atoms with Gasteiger partial charge in [0.25, 0.3) is 5.91 Å². The molecule has 0 radical (unpaired) electrons. The molecule has 0 saturated carbocycles. The summed E-state index contributed by atoms with van der Waals surface area (Å²) in [5.41, 5.74) is 1.93. The molecule has 2 aromatic rings. The summed E-state index contributed by atoms with van der Waals surface area (Å²) in [5, 5.41) is 11.0. The van der Waals surface area contributed by atoms with Crippen LogP contribution in [0.25, 0.3) is 10.9 Å². The highest BCUT2D eigenvalue weighted by Gasteiger charge is 2.28. The molecular formula is C16H19F3N4O2. The van der Waals surface area contributed by atoms with Crippen LogP contribution in [0.5, 0.6) is 0 Å². The molecule has 3 rings (SSSR count). The zero-order valence-electron chi connectivity index (χ0n) is 13.7. The van der Waals surface area contributed by atoms with Crippen LogP contribution in [0.4, 0.5) is 13.2 Å². The third-order valence-electron chi connectivity index (χ3n) is 4.25. The molecule has 25 heavy (non-hydrogen) atoms. The van der Waals surface area contributed by atoms with Crippen molar-refractivity contribution in [1.29, 1.82) is 0 Å². The minimum Gasteiger partial charge on any atom is -0.352 e. The van der Waals surface area contributed by atoms with Crippen molar-refractivity contribution >= 4 is 16.8 Å². The van der Waals surface area contributed by atoms with E-state index in [9.17, 15) is 18.0 Å². The minimum absolute atomic E-state index is 0.0240. The van der Waals surface area contributed by atoms with Crippen LogP contribution >= 0.6 is 0 Å². The van der Waals surface area contributed by atoms with Crippen LogP contribution in [-0.2, 0) is 11.3 Å². The lowest BCUT2D eigenvalue weighted by Gasteiger charge is -2.27. The second-order valence-electron chi connectivity index (χ2n) is 6.09. The fraction of sp³-hybridized carbons (Fsp3) is 0.500. The fourth-order valence-corrected chi connectivity index (χ4v) is 2.72. The Balaban J connectivity index is 1.69. The molecule has 1 amide bonds. The van der Waals surface area contributed by atoms with Gasteiger partial charge >= 0.3 is 6.36 Å². The first-order valence-electron chi connectivity index (χ1n) is 8.00. The van der Waals surface area contributed by atoms with Gasteiger partial charge < -0.3 is 10.6 Å². The van der Waals surface area contributed by atoms with E-state index < -0.39 is 13.0 Å². The summed E-state index contributed by atoms with van der Waals surface area (Å²) < 4.78 is 41.2. The molecule has 1 aromatic heterocycles. The highest BCUT2D eigenvalue weighted by Crippen LogP contribution is 2.21. The van der Waals surface area contributed by atoms with Gasteiger partial charge in [-0.2, -0.15) is 5.10 Å². The maximum atomic E-state index is 12.3. The first kappa shape index (κ1) is 17.7. The van der Waals surface area contributed by atoms with Crippen molar-refractivity contribution in [1.82, 2.24) is 20.4 Å². The molecule has 0 atom stereocenters. The summed E-state index contributed by atoms with van der Waals surface area (Å²) >= 11 is 0. The third kappa shape index (κ3) is 4.29. The summed E-state index contributed by atoms with van der Waals surface area (Å²) in [6.07, 6.45) is -3.01. The Kier molecular flexibility index (Phi) is 4.96. The highest BCUT2D eigenvalue weighted by atomic mass is 19.4. The lowest BCUT2D eigenvalue weighted by Crippen LogP contribution is -2.48. The monoisotopic (exact) mass is 356 g/mol. The van der Waals surface area contributed by atoms with Crippen molar-refractivity contribution in [3.63, 3.8) is 0 Å². The van der Waals surface area contributed by atoms with Gasteiger partial charge in [-0.1, -0.05) is 0 Å². The molecule has 136 valence electrons. The second kappa shape index (κ2) is 7.01. The molecule has 0 aliphatic carbocycles. The smallest absolute Gasteiger partial charge is 0.352 e. The number of carbonyl (C=O) groups excluding carboxylic acids is 1. The Labute approximate surface area is 142 Å². The summed E-state index contributed by atoms with van der Waals surface area (Å²) in [5.74, 6) is 0.309. The van der Waals surface area contributed by atoms with E-state index in [-0.39, 0.29) is 12.5 Å². The number of aromatic nitrogens is 2. The zero-order valence-corrected chi connectivity index (χ0v) is 13.7. The summed E-state index contributed by atoms with van der Waals surface area (Å²) in [7, 11) is 0. The topological polar surface area (TPSA) is 68.2 Å². The molecule has 6 nitrogen and oxygen atoms in total. The van der Waals surface area contributed by atoms with E-state index in [0.717, 1.165) is 24.0 Å². The predicted octanol–water partition coefficient (Wildman–Crippen LogP) is 1.83. The summed E-state index contributed by atoms with van der Waals surface area (Å²) in [6.45, 7) is 3.71. The van der Waals surface area contributed by atoms with Gasteiger partial charge in [-0.05, 0) is 24.6 Å². The largest absolute Gasteiger partial charge is 0.522 e. The Morgan fingerprint density at radius 1 is 1.44 bits per heavy atom. The van der Waals surface area contributed by atoms with Gasteiger partial charge in [0.05, 0.1) is 18.7 Å². The van der Waals surface area contributed by atoms with Crippen molar-refractivity contribution in [2.45, 2.75) is 19.8 Å². The second-order valence-corrected chi connectivity index (χ2v) is 6.09. The van der Waals surface area contributed by atoms with Crippen molar-refractivity contribution < 1.29 is 22.7 Å². The van der Waals surface area contributed by atoms with Gasteiger partial charge in [0.2, 0.25) is 0 Å². The number of aryl methyl sites for hydroxylation is 1. The van der Waals surface area contributed by atoms with Gasteiger partial charge in [-0.25, -0.2) is 0 Å². The van der Waals surface area contributed by atoms with Crippen LogP contribution in [0, 0.1) is 12.8 Å². The number of rotatable bonds is 6. The average molecular weight is 356 g/mol. The van der Waals surface area contributed by atoms with Crippen molar-refractivity contribution in [3.8, 4) is 0 Å². The van der Waals surface area contributed by atoms with Gasteiger partial charge in [-0.3, -0.25) is 14.2 Å². The molecule has 0 unspecified atom stereocenters. The lowest BCUT2D eigenvalue weighted by atomic mass is 10.0. The van der Waals surface area contributed by atoms with Crippen molar-refractivity contribution in [3.05, 3.63) is 29.5 Å². The molecule has 1 aliphatic rings. The number of carbonyl (C=O) groups is 1. The molecule has 2 heterocycles. The number of alkyl halides is 3. The van der Waals surface area contributed by atoms with E-state index in [4.69, 9.17) is 0 Å². The van der Waals surface area contributed by atoms with E-state index in [1.165, 1.54) is 4.68 Å². The first-order chi connectivity index (χ1) is 11.8. The Morgan fingerprint density at radius 2 is 2.20 bits per heavy atom. The van der Waals surface area contributed by atoms with Crippen LogP contribution in [0.3, 0.4) is 0 Å². The number of nitrogens with zero attached hydrogens (tertiary/aromatic N) is 2. The molecule has 0 bridgehead atoms.